The molecule has 11 heteroatoms. The number of hydrogen-bond donors (Lipinski definition) is 2. The molecule has 1 atom stereocenters. The Morgan fingerprint density at radius 2 is 1.74 bits per heavy atom. The van der Waals surface area contributed by atoms with Crippen LogP contribution in [0.5, 0.6) is 5.75 Å². The average Bonchev–Trinajstić information content (AvgIpc) is 3.33. The number of ether oxygens (including phenoxy) is 1. The summed E-state index contributed by atoms with van der Waals surface area (Å²) in [5.41, 5.74) is 9.70. The molecule has 1 unspecified atom stereocenters. The van der Waals surface area contributed by atoms with Crippen LogP contribution in [0.3, 0.4) is 0 Å². The van der Waals surface area contributed by atoms with Crippen LogP contribution in [0.15, 0.2) is 36.4 Å². The number of rotatable bonds is 6. The van der Waals surface area contributed by atoms with Crippen LogP contribution in [-0.2, 0) is 16.1 Å². The molecule has 4 aliphatic rings. The van der Waals surface area contributed by atoms with Crippen LogP contribution in [0.4, 0.5) is 11.4 Å². The number of hydrogen-bond acceptors (Lipinski definition) is 8. The number of nitrogens with zero attached hydrogens (tertiary/aromatic N) is 4. The SMILES string of the molecule is COc1cc(C(=O)N2CCC(CN3CCN(c4ccc5c(c4)CN(C4CCC(=O)NC4=O)C5=O)CC3)CC2)ccc1N. The van der Waals surface area contributed by atoms with E-state index in [-0.39, 0.29) is 30.0 Å². The standard InChI is InChI=1S/C31H38N6O5/c1-42-27-17-21(2-5-25(27)32)30(40)36-10-8-20(9-11-36)18-34-12-14-35(15-13-34)23-3-4-24-22(16-23)19-37(31(24)41)26-6-7-28(38)33-29(26)39/h2-5,16-17,20,26H,6-15,18-19,32H2,1H3,(H,33,38,39). The largest absolute Gasteiger partial charge is 0.495 e. The molecule has 0 aliphatic carbocycles. The molecular formula is C31H38N6O5. The van der Waals surface area contributed by atoms with E-state index in [0.717, 1.165) is 69.9 Å². The van der Waals surface area contributed by atoms with Crippen LogP contribution >= 0.6 is 0 Å². The van der Waals surface area contributed by atoms with Crippen LogP contribution in [0.1, 0.15) is 52.0 Å². The molecule has 11 nitrogen and oxygen atoms in total. The summed E-state index contributed by atoms with van der Waals surface area (Å²) < 4.78 is 5.28. The van der Waals surface area contributed by atoms with Gasteiger partial charge in [0.05, 0.1) is 12.8 Å². The lowest BCUT2D eigenvalue weighted by atomic mass is 9.95. The minimum Gasteiger partial charge on any atom is -0.495 e. The smallest absolute Gasteiger partial charge is 0.255 e. The van der Waals surface area contributed by atoms with Crippen molar-refractivity contribution in [3.8, 4) is 5.75 Å². The highest BCUT2D eigenvalue weighted by atomic mass is 16.5. The van der Waals surface area contributed by atoms with E-state index in [1.807, 2.05) is 17.0 Å². The Kier molecular flexibility index (Phi) is 7.76. The van der Waals surface area contributed by atoms with Gasteiger partial charge in [0, 0.05) is 75.6 Å². The molecule has 3 fully saturated rings. The van der Waals surface area contributed by atoms with Gasteiger partial charge in [0.15, 0.2) is 0 Å². The fourth-order valence-electron chi connectivity index (χ4n) is 6.66. The van der Waals surface area contributed by atoms with E-state index in [0.29, 0.717) is 41.4 Å². The van der Waals surface area contributed by atoms with Crippen LogP contribution in [0.25, 0.3) is 0 Å². The van der Waals surface area contributed by atoms with Gasteiger partial charge in [-0.05, 0) is 67.1 Å². The van der Waals surface area contributed by atoms with Crippen molar-refractivity contribution >= 4 is 35.0 Å². The zero-order valence-electron chi connectivity index (χ0n) is 24.0. The number of methoxy groups -OCH3 is 1. The zero-order valence-corrected chi connectivity index (χ0v) is 24.0. The lowest BCUT2D eigenvalue weighted by Crippen LogP contribution is -2.52. The van der Waals surface area contributed by atoms with Crippen LogP contribution in [-0.4, -0.2) is 97.3 Å². The van der Waals surface area contributed by atoms with Crippen LogP contribution in [0.2, 0.25) is 0 Å². The van der Waals surface area contributed by atoms with Gasteiger partial charge in [0.1, 0.15) is 11.8 Å². The zero-order chi connectivity index (χ0) is 29.4. The van der Waals surface area contributed by atoms with E-state index in [2.05, 4.69) is 21.2 Å². The summed E-state index contributed by atoms with van der Waals surface area (Å²) in [5.74, 6) is 0.304. The Balaban J connectivity index is 0.982. The minimum absolute atomic E-state index is 0.0247. The number of carbonyl (C=O) groups is 4. The number of nitrogen functional groups attached to an aromatic ring is 1. The van der Waals surface area contributed by atoms with Gasteiger partial charge in [0.25, 0.3) is 11.8 Å². The Morgan fingerprint density at radius 1 is 0.976 bits per heavy atom. The van der Waals surface area contributed by atoms with E-state index in [1.165, 1.54) is 0 Å². The van der Waals surface area contributed by atoms with E-state index < -0.39 is 6.04 Å². The first-order valence-corrected chi connectivity index (χ1v) is 14.8. The van der Waals surface area contributed by atoms with Crippen LogP contribution < -0.4 is 20.7 Å². The van der Waals surface area contributed by atoms with Crippen molar-refractivity contribution in [3.63, 3.8) is 0 Å². The van der Waals surface area contributed by atoms with E-state index >= 15 is 0 Å². The number of amides is 4. The first kappa shape index (κ1) is 28.0. The summed E-state index contributed by atoms with van der Waals surface area (Å²) in [6.45, 7) is 6.65. The number of carbonyl (C=O) groups excluding carboxylic acids is 4. The second-order valence-corrected chi connectivity index (χ2v) is 11.7. The quantitative estimate of drug-likeness (QED) is 0.394. The minimum atomic E-state index is -0.596. The van der Waals surface area contributed by atoms with Gasteiger partial charge in [-0.2, -0.15) is 0 Å². The topological polar surface area (TPSA) is 129 Å². The molecule has 4 aliphatic heterocycles. The normalized spacial score (nSPS) is 21.9. The van der Waals surface area contributed by atoms with Crippen molar-refractivity contribution in [1.82, 2.24) is 20.0 Å². The first-order valence-electron chi connectivity index (χ1n) is 14.8. The highest BCUT2D eigenvalue weighted by Crippen LogP contribution is 2.31. The van der Waals surface area contributed by atoms with Gasteiger partial charge in [-0.1, -0.05) is 0 Å². The van der Waals surface area contributed by atoms with E-state index in [9.17, 15) is 19.2 Å². The second kappa shape index (κ2) is 11.6. The first-order chi connectivity index (χ1) is 20.3. The van der Waals surface area contributed by atoms with Crippen molar-refractivity contribution in [1.29, 1.82) is 0 Å². The lowest BCUT2D eigenvalue weighted by Gasteiger charge is -2.39. The molecule has 2 aromatic rings. The Labute approximate surface area is 245 Å². The molecule has 3 saturated heterocycles. The van der Waals surface area contributed by atoms with Crippen molar-refractivity contribution in [2.24, 2.45) is 5.92 Å². The summed E-state index contributed by atoms with van der Waals surface area (Å²) in [6.07, 6.45) is 2.59. The molecule has 0 radical (unpaired) electrons. The van der Waals surface area contributed by atoms with E-state index in [1.54, 1.807) is 30.2 Å². The number of fused-ring (bicyclic) bond motifs is 1. The summed E-state index contributed by atoms with van der Waals surface area (Å²) >= 11 is 0. The highest BCUT2D eigenvalue weighted by Gasteiger charge is 2.39. The fourth-order valence-corrected chi connectivity index (χ4v) is 6.66. The Bertz CT molecular complexity index is 1400. The number of anilines is 2. The summed E-state index contributed by atoms with van der Waals surface area (Å²) in [4.78, 5) is 58.3. The van der Waals surface area contributed by atoms with Crippen molar-refractivity contribution < 1.29 is 23.9 Å². The third kappa shape index (κ3) is 5.53. The molecule has 2 aromatic carbocycles. The molecule has 0 saturated carbocycles. The van der Waals surface area contributed by atoms with Crippen molar-refractivity contribution in [3.05, 3.63) is 53.1 Å². The van der Waals surface area contributed by atoms with Gasteiger partial charge in [-0.25, -0.2) is 0 Å². The van der Waals surface area contributed by atoms with Gasteiger partial charge in [0.2, 0.25) is 11.8 Å². The number of likely N-dealkylation sites (tertiary alicyclic amines) is 1. The maximum atomic E-state index is 13.0. The number of nitrogens with one attached hydrogen (secondary N) is 1. The Morgan fingerprint density at radius 3 is 2.45 bits per heavy atom. The summed E-state index contributed by atoms with van der Waals surface area (Å²) in [7, 11) is 1.55. The molecule has 42 heavy (non-hydrogen) atoms. The summed E-state index contributed by atoms with van der Waals surface area (Å²) in [6, 6.07) is 10.6. The highest BCUT2D eigenvalue weighted by molar-refractivity contribution is 6.05. The monoisotopic (exact) mass is 574 g/mol. The molecule has 222 valence electrons. The predicted molar refractivity (Wildman–Crippen MR) is 157 cm³/mol. The lowest BCUT2D eigenvalue weighted by molar-refractivity contribution is -0.136. The maximum absolute atomic E-state index is 13.0. The number of piperidine rings is 2. The number of imide groups is 1. The summed E-state index contributed by atoms with van der Waals surface area (Å²) in [5, 5.41) is 2.36. The van der Waals surface area contributed by atoms with Gasteiger partial charge < -0.3 is 25.2 Å². The molecule has 0 bridgehead atoms. The number of nitrogens with two attached hydrogens (primary N) is 1. The van der Waals surface area contributed by atoms with Crippen LogP contribution in [0, 0.1) is 5.92 Å². The molecule has 0 spiro atoms. The fraction of sp³-hybridized carbons (Fsp3) is 0.484. The molecule has 4 amide bonds. The van der Waals surface area contributed by atoms with Gasteiger partial charge in [-0.15, -0.1) is 0 Å². The van der Waals surface area contributed by atoms with Crippen molar-refractivity contribution in [2.45, 2.75) is 38.3 Å². The molecule has 6 rings (SSSR count). The van der Waals surface area contributed by atoms with Gasteiger partial charge in [-0.3, -0.25) is 29.4 Å². The Hall–Kier alpha value is -4.12. The predicted octanol–water partition coefficient (Wildman–Crippen LogP) is 1.71. The second-order valence-electron chi connectivity index (χ2n) is 11.7. The number of benzene rings is 2. The molecular weight excluding hydrogens is 536 g/mol. The van der Waals surface area contributed by atoms with Gasteiger partial charge >= 0.3 is 0 Å². The molecule has 4 heterocycles. The number of piperazine rings is 1. The third-order valence-electron chi connectivity index (χ3n) is 9.14. The molecule has 3 N–H and O–H groups in total. The maximum Gasteiger partial charge on any atom is 0.255 e. The van der Waals surface area contributed by atoms with E-state index in [4.69, 9.17) is 10.5 Å². The average molecular weight is 575 g/mol. The van der Waals surface area contributed by atoms with Crippen molar-refractivity contribution in [2.75, 3.05) is 63.6 Å². The molecule has 0 aromatic heterocycles. The third-order valence-corrected chi connectivity index (χ3v) is 9.14.